The van der Waals surface area contributed by atoms with Crippen LogP contribution in [0.3, 0.4) is 0 Å². The average Bonchev–Trinajstić information content (AvgIpc) is 2.22. The third-order valence-electron chi connectivity index (χ3n) is 2.57. The number of hydrogen-bond donors (Lipinski definition) is 1. The summed E-state index contributed by atoms with van der Waals surface area (Å²) >= 11 is 3.55. The number of rotatable bonds is 1. The molecule has 0 amide bonds. The number of aromatic nitrogens is 1. The Labute approximate surface area is 103 Å². The number of hydrogen-bond acceptors (Lipinski definition) is 3. The van der Waals surface area contributed by atoms with E-state index in [-0.39, 0.29) is 0 Å². The summed E-state index contributed by atoms with van der Waals surface area (Å²) in [4.78, 5) is 6.57. The Bertz CT molecular complexity index is 549. The third-order valence-corrected chi connectivity index (χ3v) is 3.54. The topological polar surface area (TPSA) is 42.2 Å². The molecule has 0 saturated heterocycles. The zero-order chi connectivity index (χ0) is 11.9. The van der Waals surface area contributed by atoms with E-state index < -0.39 is 0 Å². The highest BCUT2D eigenvalue weighted by molar-refractivity contribution is 9.10. The molecule has 0 aliphatic rings. The van der Waals surface area contributed by atoms with Crippen molar-refractivity contribution in [1.82, 2.24) is 4.98 Å². The van der Waals surface area contributed by atoms with Crippen LogP contribution in [-0.4, -0.2) is 19.1 Å². The zero-order valence-corrected chi connectivity index (χ0v) is 11.2. The number of nitrogen functional groups attached to an aromatic ring is 1. The molecular formula is C12H14BrN3. The number of fused-ring (bicyclic) bond motifs is 1. The largest absolute Gasteiger partial charge is 0.398 e. The number of nitrogens with zero attached hydrogens (tertiary/aromatic N) is 2. The van der Waals surface area contributed by atoms with Gasteiger partial charge >= 0.3 is 0 Å². The Morgan fingerprint density at radius 2 is 2.00 bits per heavy atom. The zero-order valence-electron chi connectivity index (χ0n) is 9.58. The van der Waals surface area contributed by atoms with Crippen molar-refractivity contribution < 1.29 is 0 Å². The van der Waals surface area contributed by atoms with Crippen LogP contribution in [0.4, 0.5) is 11.5 Å². The standard InChI is InChI=1S/C12H14BrN3/c1-7-11(13)10-8(5-4-6-9(10)14)12(15-7)16(2)3/h4-6H,14H2,1-3H3. The predicted molar refractivity (Wildman–Crippen MR) is 72.9 cm³/mol. The minimum atomic E-state index is 0.776. The second-order valence-corrected chi connectivity index (χ2v) is 4.79. The van der Waals surface area contributed by atoms with E-state index in [0.717, 1.165) is 32.4 Å². The van der Waals surface area contributed by atoms with Gasteiger partial charge in [0, 0.05) is 35.0 Å². The Hall–Kier alpha value is -1.29. The SMILES string of the molecule is Cc1nc(N(C)C)c2cccc(N)c2c1Br. The molecule has 0 atom stereocenters. The van der Waals surface area contributed by atoms with Crippen LogP contribution in [-0.2, 0) is 0 Å². The normalized spacial score (nSPS) is 10.8. The van der Waals surface area contributed by atoms with Gasteiger partial charge in [-0.25, -0.2) is 4.98 Å². The minimum absolute atomic E-state index is 0.776. The summed E-state index contributed by atoms with van der Waals surface area (Å²) in [5.41, 5.74) is 7.75. The molecule has 1 heterocycles. The number of aryl methyl sites for hydroxylation is 1. The number of halogens is 1. The highest BCUT2D eigenvalue weighted by atomic mass is 79.9. The molecule has 84 valence electrons. The third kappa shape index (κ3) is 1.63. The Morgan fingerprint density at radius 3 is 2.62 bits per heavy atom. The smallest absolute Gasteiger partial charge is 0.136 e. The van der Waals surface area contributed by atoms with E-state index in [1.807, 2.05) is 44.1 Å². The van der Waals surface area contributed by atoms with Crippen molar-refractivity contribution in [3.8, 4) is 0 Å². The van der Waals surface area contributed by atoms with E-state index in [9.17, 15) is 0 Å². The summed E-state index contributed by atoms with van der Waals surface area (Å²) in [6.07, 6.45) is 0. The molecule has 0 aliphatic carbocycles. The van der Waals surface area contributed by atoms with Crippen molar-refractivity contribution in [2.75, 3.05) is 24.7 Å². The maximum Gasteiger partial charge on any atom is 0.136 e. The minimum Gasteiger partial charge on any atom is -0.398 e. The van der Waals surface area contributed by atoms with Crippen LogP contribution >= 0.6 is 15.9 Å². The molecule has 0 spiro atoms. The van der Waals surface area contributed by atoms with Gasteiger partial charge < -0.3 is 10.6 Å². The molecule has 0 bridgehead atoms. The first-order valence-electron chi connectivity index (χ1n) is 5.04. The van der Waals surface area contributed by atoms with Crippen LogP contribution in [0, 0.1) is 6.92 Å². The lowest BCUT2D eigenvalue weighted by molar-refractivity contribution is 1.06. The lowest BCUT2D eigenvalue weighted by atomic mass is 10.1. The van der Waals surface area contributed by atoms with Crippen molar-refractivity contribution in [3.63, 3.8) is 0 Å². The summed E-state index contributed by atoms with van der Waals surface area (Å²) in [7, 11) is 3.97. The Balaban J connectivity index is 2.95. The lowest BCUT2D eigenvalue weighted by Crippen LogP contribution is -2.12. The Kier molecular flexibility index (Phi) is 2.76. The van der Waals surface area contributed by atoms with Gasteiger partial charge in [-0.05, 0) is 28.9 Å². The van der Waals surface area contributed by atoms with Crippen LogP contribution in [0.5, 0.6) is 0 Å². The molecule has 2 aromatic rings. The highest BCUT2D eigenvalue weighted by Crippen LogP contribution is 2.35. The number of nitrogens with two attached hydrogens (primary N) is 1. The van der Waals surface area contributed by atoms with Crippen LogP contribution in [0.15, 0.2) is 22.7 Å². The molecule has 1 aromatic heterocycles. The molecule has 0 unspecified atom stereocenters. The average molecular weight is 280 g/mol. The van der Waals surface area contributed by atoms with Crippen molar-refractivity contribution in [2.45, 2.75) is 6.92 Å². The van der Waals surface area contributed by atoms with Crippen molar-refractivity contribution >= 4 is 38.2 Å². The highest BCUT2D eigenvalue weighted by Gasteiger charge is 2.12. The quantitative estimate of drug-likeness (QED) is 0.817. The second-order valence-electron chi connectivity index (χ2n) is 4.00. The van der Waals surface area contributed by atoms with Crippen molar-refractivity contribution in [3.05, 3.63) is 28.4 Å². The maximum absolute atomic E-state index is 6.02. The van der Waals surface area contributed by atoms with Crippen LogP contribution in [0.25, 0.3) is 10.8 Å². The second kappa shape index (κ2) is 3.94. The fraction of sp³-hybridized carbons (Fsp3) is 0.250. The summed E-state index contributed by atoms with van der Waals surface area (Å²) in [5.74, 6) is 0.947. The number of anilines is 2. The summed E-state index contributed by atoms with van der Waals surface area (Å²) in [5, 5.41) is 2.11. The lowest BCUT2D eigenvalue weighted by Gasteiger charge is -2.17. The predicted octanol–water partition coefficient (Wildman–Crippen LogP) is 2.95. The summed E-state index contributed by atoms with van der Waals surface area (Å²) in [6, 6.07) is 5.90. The first kappa shape index (κ1) is 11.2. The van der Waals surface area contributed by atoms with E-state index in [1.165, 1.54) is 0 Å². The van der Waals surface area contributed by atoms with E-state index in [0.29, 0.717) is 0 Å². The van der Waals surface area contributed by atoms with Gasteiger partial charge in [-0.1, -0.05) is 12.1 Å². The fourth-order valence-corrected chi connectivity index (χ4v) is 2.32. The molecule has 16 heavy (non-hydrogen) atoms. The summed E-state index contributed by atoms with van der Waals surface area (Å²) < 4.78 is 0.978. The fourth-order valence-electron chi connectivity index (χ4n) is 1.79. The summed E-state index contributed by atoms with van der Waals surface area (Å²) in [6.45, 7) is 1.98. The molecule has 0 saturated carbocycles. The van der Waals surface area contributed by atoms with E-state index >= 15 is 0 Å². The van der Waals surface area contributed by atoms with Crippen LogP contribution in [0.1, 0.15) is 5.69 Å². The number of pyridine rings is 1. The van der Waals surface area contributed by atoms with Crippen LogP contribution in [0.2, 0.25) is 0 Å². The van der Waals surface area contributed by atoms with Gasteiger partial charge in [-0.3, -0.25) is 0 Å². The molecule has 0 radical (unpaired) electrons. The molecule has 1 aromatic carbocycles. The molecule has 3 nitrogen and oxygen atoms in total. The van der Waals surface area contributed by atoms with Crippen LogP contribution < -0.4 is 10.6 Å². The monoisotopic (exact) mass is 279 g/mol. The molecular weight excluding hydrogens is 266 g/mol. The van der Waals surface area contributed by atoms with Crippen molar-refractivity contribution in [1.29, 1.82) is 0 Å². The van der Waals surface area contributed by atoms with E-state index in [1.54, 1.807) is 0 Å². The van der Waals surface area contributed by atoms with Gasteiger partial charge in [-0.15, -0.1) is 0 Å². The molecule has 4 heteroatoms. The first-order valence-corrected chi connectivity index (χ1v) is 5.83. The van der Waals surface area contributed by atoms with Gasteiger partial charge in [0.25, 0.3) is 0 Å². The van der Waals surface area contributed by atoms with Gasteiger partial charge in [-0.2, -0.15) is 0 Å². The van der Waals surface area contributed by atoms with Crippen molar-refractivity contribution in [2.24, 2.45) is 0 Å². The maximum atomic E-state index is 6.02. The first-order chi connectivity index (χ1) is 7.52. The van der Waals surface area contributed by atoms with Gasteiger partial charge in [0.1, 0.15) is 5.82 Å². The molecule has 0 fully saturated rings. The number of benzene rings is 1. The molecule has 0 aliphatic heterocycles. The van der Waals surface area contributed by atoms with E-state index in [4.69, 9.17) is 5.73 Å². The Morgan fingerprint density at radius 1 is 1.31 bits per heavy atom. The van der Waals surface area contributed by atoms with Gasteiger partial charge in [0.15, 0.2) is 0 Å². The van der Waals surface area contributed by atoms with E-state index in [2.05, 4.69) is 20.9 Å². The van der Waals surface area contributed by atoms with Gasteiger partial charge in [0.05, 0.1) is 5.69 Å². The molecule has 2 rings (SSSR count). The van der Waals surface area contributed by atoms with Gasteiger partial charge in [0.2, 0.25) is 0 Å². The molecule has 2 N–H and O–H groups in total.